The van der Waals surface area contributed by atoms with Crippen LogP contribution in [0.5, 0.6) is 0 Å². The predicted octanol–water partition coefficient (Wildman–Crippen LogP) is 3.71. The van der Waals surface area contributed by atoms with Crippen LogP contribution in [0.15, 0.2) is 60.7 Å². The number of carbonyl (C=O) groups is 1. The van der Waals surface area contributed by atoms with E-state index in [1.165, 1.54) is 5.56 Å². The lowest BCUT2D eigenvalue weighted by molar-refractivity contribution is -0.121. The molecule has 4 rings (SSSR count). The minimum Gasteiger partial charge on any atom is -0.353 e. The molecule has 1 fully saturated rings. The molecule has 2 N–H and O–H groups in total. The van der Waals surface area contributed by atoms with E-state index in [-0.39, 0.29) is 11.9 Å². The maximum Gasteiger partial charge on any atom is 0.224 e. The zero-order valence-electron chi connectivity index (χ0n) is 16.2. The lowest BCUT2D eigenvalue weighted by Gasteiger charge is -2.33. The number of amides is 1. The van der Waals surface area contributed by atoms with Gasteiger partial charge in [0.1, 0.15) is 0 Å². The third-order valence-corrected chi connectivity index (χ3v) is 5.21. The van der Waals surface area contributed by atoms with Crippen LogP contribution in [0.3, 0.4) is 0 Å². The molecule has 0 radical (unpaired) electrons. The summed E-state index contributed by atoms with van der Waals surface area (Å²) in [5, 5.41) is 10.8. The molecule has 1 atom stereocenters. The number of benzene rings is 2. The molecule has 0 unspecified atom stereocenters. The molecule has 2 heterocycles. The topological polar surface area (TPSA) is 61.0 Å². The number of aryl methyl sites for hydroxylation is 1. The van der Waals surface area contributed by atoms with Gasteiger partial charge in [0.15, 0.2) is 5.82 Å². The molecule has 5 nitrogen and oxygen atoms in total. The number of aromatic amines is 1. The van der Waals surface area contributed by atoms with Crippen molar-refractivity contribution >= 4 is 11.7 Å². The highest BCUT2D eigenvalue weighted by atomic mass is 16.1. The van der Waals surface area contributed by atoms with Gasteiger partial charge in [0, 0.05) is 25.2 Å². The monoisotopic (exact) mass is 374 g/mol. The second-order valence-corrected chi connectivity index (χ2v) is 7.52. The van der Waals surface area contributed by atoms with Gasteiger partial charge in [-0.1, -0.05) is 60.2 Å². The van der Waals surface area contributed by atoms with Crippen LogP contribution in [0.2, 0.25) is 0 Å². The first-order chi connectivity index (χ1) is 13.7. The van der Waals surface area contributed by atoms with E-state index in [9.17, 15) is 4.79 Å². The number of nitrogens with zero attached hydrogens (tertiary/aromatic N) is 2. The number of aromatic nitrogens is 2. The van der Waals surface area contributed by atoms with Gasteiger partial charge in [-0.05, 0) is 30.9 Å². The van der Waals surface area contributed by atoms with Gasteiger partial charge < -0.3 is 10.2 Å². The standard InChI is InChI=1S/C23H26N4O/c1-17-7-5-8-18(13-17)14-23(28)24-20-11-6-12-27(16-20)22-15-21(25-26-22)19-9-3-2-4-10-19/h2-5,7-10,13,15,20H,6,11-12,14,16H2,1H3,(H,24,28)(H,25,26)/t20-/m0/s1. The first kappa shape index (κ1) is 18.3. The first-order valence-electron chi connectivity index (χ1n) is 9.88. The Morgan fingerprint density at radius 1 is 1.18 bits per heavy atom. The van der Waals surface area contributed by atoms with Crippen molar-refractivity contribution in [2.24, 2.45) is 0 Å². The molecule has 1 amide bonds. The number of carbonyl (C=O) groups excluding carboxylic acids is 1. The lowest BCUT2D eigenvalue weighted by Crippen LogP contribution is -2.48. The highest BCUT2D eigenvalue weighted by Gasteiger charge is 2.23. The van der Waals surface area contributed by atoms with Gasteiger partial charge in [-0.25, -0.2) is 0 Å². The number of hydrogen-bond acceptors (Lipinski definition) is 3. The molecule has 1 saturated heterocycles. The number of piperidine rings is 1. The first-order valence-corrected chi connectivity index (χ1v) is 9.88. The third kappa shape index (κ3) is 4.42. The van der Waals surface area contributed by atoms with E-state index in [1.807, 2.05) is 43.3 Å². The fourth-order valence-electron chi connectivity index (χ4n) is 3.83. The van der Waals surface area contributed by atoms with Crippen molar-refractivity contribution in [3.05, 3.63) is 71.8 Å². The van der Waals surface area contributed by atoms with Crippen molar-refractivity contribution in [1.29, 1.82) is 0 Å². The summed E-state index contributed by atoms with van der Waals surface area (Å²) in [6.45, 7) is 3.80. The number of rotatable bonds is 5. The largest absolute Gasteiger partial charge is 0.353 e. The minimum absolute atomic E-state index is 0.0875. The third-order valence-electron chi connectivity index (χ3n) is 5.21. The molecular weight excluding hydrogens is 348 g/mol. The van der Waals surface area contributed by atoms with E-state index in [4.69, 9.17) is 0 Å². The number of hydrogen-bond donors (Lipinski definition) is 2. The van der Waals surface area contributed by atoms with Crippen LogP contribution < -0.4 is 10.2 Å². The van der Waals surface area contributed by atoms with E-state index in [0.29, 0.717) is 6.42 Å². The SMILES string of the molecule is Cc1cccc(CC(=O)N[C@H]2CCCN(c3cc(-c4ccccc4)[nH]n3)C2)c1. The lowest BCUT2D eigenvalue weighted by atomic mass is 10.0. The Bertz CT molecular complexity index is 935. The summed E-state index contributed by atoms with van der Waals surface area (Å²) in [6.07, 6.45) is 2.48. The fourth-order valence-corrected chi connectivity index (χ4v) is 3.83. The fraction of sp³-hybridized carbons (Fsp3) is 0.304. The van der Waals surface area contributed by atoms with Crippen LogP contribution in [-0.2, 0) is 11.2 Å². The smallest absolute Gasteiger partial charge is 0.224 e. The molecule has 144 valence electrons. The zero-order chi connectivity index (χ0) is 19.3. The maximum absolute atomic E-state index is 12.5. The predicted molar refractivity (Wildman–Crippen MR) is 112 cm³/mol. The molecule has 3 aromatic rings. The van der Waals surface area contributed by atoms with E-state index in [0.717, 1.165) is 48.6 Å². The summed E-state index contributed by atoms with van der Waals surface area (Å²) >= 11 is 0. The van der Waals surface area contributed by atoms with Gasteiger partial charge in [0.25, 0.3) is 0 Å². The van der Waals surface area contributed by atoms with Crippen LogP contribution >= 0.6 is 0 Å². The average Bonchev–Trinajstić information content (AvgIpc) is 3.19. The Hall–Kier alpha value is -3.08. The molecule has 5 heteroatoms. The second kappa shape index (κ2) is 8.30. The highest BCUT2D eigenvalue weighted by Crippen LogP contribution is 2.24. The average molecular weight is 374 g/mol. The van der Waals surface area contributed by atoms with Crippen molar-refractivity contribution in [3.8, 4) is 11.3 Å². The molecule has 0 spiro atoms. The highest BCUT2D eigenvalue weighted by molar-refractivity contribution is 5.79. The van der Waals surface area contributed by atoms with Crippen LogP contribution in [0.1, 0.15) is 24.0 Å². The molecular formula is C23H26N4O. The minimum atomic E-state index is 0.0875. The number of nitrogens with one attached hydrogen (secondary N) is 2. The van der Waals surface area contributed by atoms with Crippen LogP contribution in [-0.4, -0.2) is 35.2 Å². The summed E-state index contributed by atoms with van der Waals surface area (Å²) in [4.78, 5) is 14.7. The molecule has 0 aliphatic carbocycles. The molecule has 1 aliphatic heterocycles. The van der Waals surface area contributed by atoms with Crippen LogP contribution in [0.25, 0.3) is 11.3 Å². The van der Waals surface area contributed by atoms with Gasteiger partial charge >= 0.3 is 0 Å². The second-order valence-electron chi connectivity index (χ2n) is 7.52. The van der Waals surface area contributed by atoms with Crippen molar-refractivity contribution in [2.75, 3.05) is 18.0 Å². The van der Waals surface area contributed by atoms with Gasteiger partial charge in [0.2, 0.25) is 5.91 Å². The summed E-state index contributed by atoms with van der Waals surface area (Å²) in [5.74, 6) is 1.03. The molecule has 0 saturated carbocycles. The summed E-state index contributed by atoms with van der Waals surface area (Å²) in [5.41, 5.74) is 4.38. The van der Waals surface area contributed by atoms with Gasteiger partial charge in [-0.15, -0.1) is 0 Å². The quantitative estimate of drug-likeness (QED) is 0.716. The van der Waals surface area contributed by atoms with Crippen molar-refractivity contribution in [3.63, 3.8) is 0 Å². The molecule has 2 aromatic carbocycles. The van der Waals surface area contributed by atoms with E-state index < -0.39 is 0 Å². The van der Waals surface area contributed by atoms with Crippen LogP contribution in [0.4, 0.5) is 5.82 Å². The number of anilines is 1. The van der Waals surface area contributed by atoms with E-state index in [1.54, 1.807) is 0 Å². The Morgan fingerprint density at radius 2 is 2.04 bits per heavy atom. The van der Waals surface area contributed by atoms with Gasteiger partial charge in [-0.2, -0.15) is 5.10 Å². The molecule has 1 aliphatic rings. The van der Waals surface area contributed by atoms with Crippen LogP contribution in [0, 0.1) is 6.92 Å². The summed E-state index contributed by atoms with van der Waals surface area (Å²) in [7, 11) is 0. The Labute approximate surface area is 165 Å². The molecule has 28 heavy (non-hydrogen) atoms. The molecule has 0 bridgehead atoms. The van der Waals surface area contributed by atoms with Crippen molar-refractivity contribution in [1.82, 2.24) is 15.5 Å². The van der Waals surface area contributed by atoms with Crippen molar-refractivity contribution in [2.45, 2.75) is 32.2 Å². The summed E-state index contributed by atoms with van der Waals surface area (Å²) < 4.78 is 0. The van der Waals surface area contributed by atoms with E-state index >= 15 is 0 Å². The van der Waals surface area contributed by atoms with Gasteiger partial charge in [0.05, 0.1) is 12.1 Å². The zero-order valence-corrected chi connectivity index (χ0v) is 16.2. The number of H-pyrrole nitrogens is 1. The maximum atomic E-state index is 12.5. The van der Waals surface area contributed by atoms with Crippen molar-refractivity contribution < 1.29 is 4.79 Å². The summed E-state index contributed by atoms with van der Waals surface area (Å²) in [6, 6.07) is 20.6. The Balaban J connectivity index is 1.37. The Kier molecular flexibility index (Phi) is 5.42. The normalized spacial score (nSPS) is 16.8. The van der Waals surface area contributed by atoms with Gasteiger partial charge in [-0.3, -0.25) is 9.89 Å². The molecule has 1 aromatic heterocycles. The van der Waals surface area contributed by atoms with E-state index in [2.05, 4.69) is 44.7 Å². The Morgan fingerprint density at radius 3 is 2.86 bits per heavy atom.